The van der Waals surface area contributed by atoms with Gasteiger partial charge in [-0.15, -0.1) is 11.3 Å². The summed E-state index contributed by atoms with van der Waals surface area (Å²) in [7, 11) is -4.18. The Morgan fingerprint density at radius 2 is 2.10 bits per heavy atom. The van der Waals surface area contributed by atoms with Crippen LogP contribution in [0.2, 0.25) is 0 Å². The zero-order valence-electron chi connectivity index (χ0n) is 10.1. The normalized spacial score (nSPS) is 11.8. The van der Waals surface area contributed by atoms with Gasteiger partial charge in [0.05, 0.1) is 17.7 Å². The Balaban J connectivity index is 2.31. The van der Waals surface area contributed by atoms with E-state index in [2.05, 4.69) is 9.71 Å². The van der Waals surface area contributed by atoms with Crippen LogP contribution in [-0.2, 0) is 23.1 Å². The number of aromatic nitrogens is 1. The van der Waals surface area contributed by atoms with Gasteiger partial charge in [0.2, 0.25) is 10.0 Å². The van der Waals surface area contributed by atoms with Gasteiger partial charge in [-0.2, -0.15) is 0 Å². The molecule has 0 fully saturated rings. The van der Waals surface area contributed by atoms with Crippen molar-refractivity contribution in [2.24, 2.45) is 5.73 Å². The van der Waals surface area contributed by atoms with Crippen LogP contribution >= 0.6 is 11.3 Å². The van der Waals surface area contributed by atoms with Gasteiger partial charge in [0.15, 0.2) is 11.6 Å². The molecule has 0 amide bonds. The first kappa shape index (κ1) is 15.0. The van der Waals surface area contributed by atoms with Crippen LogP contribution in [-0.4, -0.2) is 13.4 Å². The molecule has 2 rings (SSSR count). The van der Waals surface area contributed by atoms with Gasteiger partial charge in [0.1, 0.15) is 4.90 Å². The molecule has 0 saturated heterocycles. The van der Waals surface area contributed by atoms with E-state index in [0.717, 1.165) is 12.1 Å². The number of sulfonamides is 1. The fourth-order valence-corrected chi connectivity index (χ4v) is 3.19. The van der Waals surface area contributed by atoms with Crippen LogP contribution in [0.15, 0.2) is 27.9 Å². The average molecular weight is 319 g/mol. The number of hydrogen-bond acceptors (Lipinski definition) is 5. The zero-order valence-corrected chi connectivity index (χ0v) is 11.8. The second kappa shape index (κ2) is 5.92. The Hall–Kier alpha value is -1.42. The number of nitrogens with two attached hydrogens (primary N) is 1. The molecule has 3 N–H and O–H groups in total. The number of rotatable bonds is 5. The molecule has 0 spiro atoms. The fraction of sp³-hybridized carbons (Fsp3) is 0.182. The standard InChI is InChI=1S/C11H11F2N3O2S2/c12-9-1-7(3-14)2-10(11(9)13)20(17,18)16-4-8-5-19-6-15-8/h1-2,5-6,16H,3-4,14H2. The summed E-state index contributed by atoms with van der Waals surface area (Å²) in [6, 6.07) is 1.89. The van der Waals surface area contributed by atoms with Gasteiger partial charge in [-0.05, 0) is 17.7 Å². The van der Waals surface area contributed by atoms with Crippen LogP contribution in [0.3, 0.4) is 0 Å². The van der Waals surface area contributed by atoms with Crippen molar-refractivity contribution in [2.75, 3.05) is 0 Å². The SMILES string of the molecule is NCc1cc(F)c(F)c(S(=O)(=O)NCc2cscn2)c1. The number of thiazole rings is 1. The van der Waals surface area contributed by atoms with Crippen molar-refractivity contribution in [3.8, 4) is 0 Å². The van der Waals surface area contributed by atoms with E-state index in [0.29, 0.717) is 5.69 Å². The van der Waals surface area contributed by atoms with E-state index < -0.39 is 26.6 Å². The Bertz CT molecular complexity index is 703. The van der Waals surface area contributed by atoms with Gasteiger partial charge in [0, 0.05) is 11.9 Å². The molecule has 5 nitrogen and oxygen atoms in total. The maximum absolute atomic E-state index is 13.6. The number of nitrogens with zero attached hydrogens (tertiary/aromatic N) is 1. The van der Waals surface area contributed by atoms with Gasteiger partial charge >= 0.3 is 0 Å². The number of benzene rings is 1. The maximum atomic E-state index is 13.6. The average Bonchev–Trinajstić information content (AvgIpc) is 2.92. The Morgan fingerprint density at radius 1 is 1.35 bits per heavy atom. The third-order valence-electron chi connectivity index (χ3n) is 2.51. The largest absolute Gasteiger partial charge is 0.326 e. The summed E-state index contributed by atoms with van der Waals surface area (Å²) in [6.07, 6.45) is 0. The van der Waals surface area contributed by atoms with E-state index in [-0.39, 0.29) is 18.7 Å². The molecule has 20 heavy (non-hydrogen) atoms. The van der Waals surface area contributed by atoms with Crippen LogP contribution in [0.25, 0.3) is 0 Å². The molecule has 2 aromatic rings. The summed E-state index contributed by atoms with van der Waals surface area (Å²) in [6.45, 7) is -0.189. The number of hydrogen-bond donors (Lipinski definition) is 2. The van der Waals surface area contributed by atoms with E-state index in [1.807, 2.05) is 0 Å². The summed E-state index contributed by atoms with van der Waals surface area (Å²) in [5.74, 6) is -2.67. The van der Waals surface area contributed by atoms with Gasteiger partial charge in [0.25, 0.3) is 0 Å². The first-order chi connectivity index (χ1) is 9.44. The first-order valence-electron chi connectivity index (χ1n) is 5.49. The summed E-state index contributed by atoms with van der Waals surface area (Å²) in [5, 5.41) is 1.65. The summed E-state index contributed by atoms with van der Waals surface area (Å²) < 4.78 is 53.1. The van der Waals surface area contributed by atoms with Gasteiger partial charge in [-0.3, -0.25) is 0 Å². The molecule has 108 valence electrons. The highest BCUT2D eigenvalue weighted by Crippen LogP contribution is 2.20. The van der Waals surface area contributed by atoms with E-state index in [4.69, 9.17) is 5.73 Å². The van der Waals surface area contributed by atoms with Crippen molar-refractivity contribution in [3.63, 3.8) is 0 Å². The summed E-state index contributed by atoms with van der Waals surface area (Å²) >= 11 is 1.30. The second-order valence-corrected chi connectivity index (χ2v) is 6.35. The lowest BCUT2D eigenvalue weighted by Crippen LogP contribution is -2.25. The third-order valence-corrected chi connectivity index (χ3v) is 4.54. The molecule has 0 atom stereocenters. The highest BCUT2D eigenvalue weighted by molar-refractivity contribution is 7.89. The van der Waals surface area contributed by atoms with Crippen LogP contribution in [0.5, 0.6) is 0 Å². The van der Waals surface area contributed by atoms with Crippen molar-refractivity contribution < 1.29 is 17.2 Å². The lowest BCUT2D eigenvalue weighted by Gasteiger charge is -2.09. The third kappa shape index (κ3) is 3.18. The van der Waals surface area contributed by atoms with E-state index in [1.54, 1.807) is 10.9 Å². The second-order valence-electron chi connectivity index (χ2n) is 3.90. The molecule has 0 bridgehead atoms. The van der Waals surface area contributed by atoms with Gasteiger partial charge in [-0.25, -0.2) is 26.9 Å². The molecular weight excluding hydrogens is 308 g/mol. The number of nitrogens with one attached hydrogen (secondary N) is 1. The minimum absolute atomic E-state index is 0.0915. The Labute approximate surface area is 118 Å². The van der Waals surface area contributed by atoms with E-state index in [9.17, 15) is 17.2 Å². The predicted molar refractivity (Wildman–Crippen MR) is 70.4 cm³/mol. The topological polar surface area (TPSA) is 85.1 Å². The molecule has 0 saturated carbocycles. The van der Waals surface area contributed by atoms with Crippen molar-refractivity contribution in [3.05, 3.63) is 45.9 Å². The van der Waals surface area contributed by atoms with Crippen molar-refractivity contribution in [2.45, 2.75) is 18.0 Å². The molecule has 0 radical (unpaired) electrons. The lowest BCUT2D eigenvalue weighted by molar-refractivity contribution is 0.481. The van der Waals surface area contributed by atoms with Crippen molar-refractivity contribution in [1.82, 2.24) is 9.71 Å². The Morgan fingerprint density at radius 3 is 2.70 bits per heavy atom. The molecule has 9 heteroatoms. The first-order valence-corrected chi connectivity index (χ1v) is 7.91. The molecular formula is C11H11F2N3O2S2. The highest BCUT2D eigenvalue weighted by Gasteiger charge is 2.22. The summed E-state index contributed by atoms with van der Waals surface area (Å²) in [5.41, 5.74) is 7.55. The van der Waals surface area contributed by atoms with Crippen LogP contribution < -0.4 is 10.5 Å². The molecule has 0 unspecified atom stereocenters. The molecule has 1 heterocycles. The fourth-order valence-electron chi connectivity index (χ4n) is 1.50. The predicted octanol–water partition coefficient (Wildman–Crippen LogP) is 1.36. The quantitative estimate of drug-likeness (QED) is 0.871. The lowest BCUT2D eigenvalue weighted by atomic mass is 10.2. The smallest absolute Gasteiger partial charge is 0.243 e. The molecule has 1 aromatic heterocycles. The van der Waals surface area contributed by atoms with E-state index >= 15 is 0 Å². The minimum Gasteiger partial charge on any atom is -0.326 e. The van der Waals surface area contributed by atoms with Crippen LogP contribution in [0.1, 0.15) is 11.3 Å². The molecule has 0 aliphatic carbocycles. The van der Waals surface area contributed by atoms with Crippen LogP contribution in [0, 0.1) is 11.6 Å². The van der Waals surface area contributed by atoms with E-state index in [1.165, 1.54) is 11.3 Å². The zero-order chi connectivity index (χ0) is 14.8. The molecule has 0 aliphatic heterocycles. The van der Waals surface area contributed by atoms with Crippen LogP contribution in [0.4, 0.5) is 8.78 Å². The summed E-state index contributed by atoms with van der Waals surface area (Å²) in [4.78, 5) is 3.13. The molecule has 1 aromatic carbocycles. The minimum atomic E-state index is -4.18. The highest BCUT2D eigenvalue weighted by atomic mass is 32.2. The maximum Gasteiger partial charge on any atom is 0.243 e. The number of halogens is 2. The molecule has 0 aliphatic rings. The van der Waals surface area contributed by atoms with Gasteiger partial charge in [-0.1, -0.05) is 0 Å². The van der Waals surface area contributed by atoms with Gasteiger partial charge < -0.3 is 5.73 Å². The van der Waals surface area contributed by atoms with Crippen molar-refractivity contribution >= 4 is 21.4 Å². The Kier molecular flexibility index (Phi) is 4.43. The monoisotopic (exact) mass is 319 g/mol. The van der Waals surface area contributed by atoms with Crippen molar-refractivity contribution in [1.29, 1.82) is 0 Å².